The minimum Gasteiger partial charge on any atom is -0.394 e. The van der Waals surface area contributed by atoms with E-state index in [-0.39, 0.29) is 18.1 Å². The molecule has 0 bridgehead atoms. The van der Waals surface area contributed by atoms with Gasteiger partial charge in [0.2, 0.25) is 0 Å². The van der Waals surface area contributed by atoms with Crippen LogP contribution in [0, 0.1) is 12.7 Å². The first-order valence-electron chi connectivity index (χ1n) is 8.70. The minimum atomic E-state index is -0.431. The highest BCUT2D eigenvalue weighted by molar-refractivity contribution is 6.30. The molecule has 0 radical (unpaired) electrons. The highest BCUT2D eigenvalue weighted by Gasteiger charge is 2.16. The summed E-state index contributed by atoms with van der Waals surface area (Å²) in [6, 6.07) is 12.8. The summed E-state index contributed by atoms with van der Waals surface area (Å²) in [5, 5.41) is 12.4. The van der Waals surface area contributed by atoms with E-state index in [9.17, 15) is 14.3 Å². The molecule has 0 saturated heterocycles. The molecule has 0 aliphatic heterocycles. The van der Waals surface area contributed by atoms with Crippen LogP contribution in [-0.4, -0.2) is 33.6 Å². The van der Waals surface area contributed by atoms with Crippen LogP contribution >= 0.6 is 11.6 Å². The number of aliphatic hydroxyl groups is 1. The van der Waals surface area contributed by atoms with E-state index < -0.39 is 11.9 Å². The SMILES string of the molecule is Cc1cc(-c2nc(C(=O)N[C@@H](C)CO)cc(-c3ccc(Cl)cc3)n2)ccc1F. The zero-order valence-electron chi connectivity index (χ0n) is 15.4. The van der Waals surface area contributed by atoms with Gasteiger partial charge in [-0.05, 0) is 55.8 Å². The zero-order chi connectivity index (χ0) is 20.3. The number of nitrogens with one attached hydrogen (secondary N) is 1. The number of amides is 1. The predicted molar refractivity (Wildman–Crippen MR) is 107 cm³/mol. The van der Waals surface area contributed by atoms with Gasteiger partial charge in [-0.3, -0.25) is 4.79 Å². The standard InChI is InChI=1S/C21H19ClFN3O2/c1-12-9-15(5-8-17(12)23)20-25-18(14-3-6-16(22)7-4-14)10-19(26-20)21(28)24-13(2)11-27/h3-10,13,27H,11H2,1-2H3,(H,24,28)/t13-/m0/s1. The zero-order valence-corrected chi connectivity index (χ0v) is 16.2. The van der Waals surface area contributed by atoms with Gasteiger partial charge in [0.05, 0.1) is 12.3 Å². The van der Waals surface area contributed by atoms with Crippen molar-refractivity contribution in [1.29, 1.82) is 0 Å². The summed E-state index contributed by atoms with van der Waals surface area (Å²) in [4.78, 5) is 21.5. The van der Waals surface area contributed by atoms with E-state index in [0.717, 1.165) is 5.56 Å². The molecular weight excluding hydrogens is 381 g/mol. The molecule has 0 saturated carbocycles. The molecule has 2 aromatic carbocycles. The van der Waals surface area contributed by atoms with Gasteiger partial charge in [0, 0.05) is 22.2 Å². The van der Waals surface area contributed by atoms with E-state index in [2.05, 4.69) is 15.3 Å². The van der Waals surface area contributed by atoms with Crippen LogP contribution in [0.15, 0.2) is 48.5 Å². The van der Waals surface area contributed by atoms with Crippen LogP contribution in [-0.2, 0) is 0 Å². The Morgan fingerprint density at radius 1 is 1.14 bits per heavy atom. The Balaban J connectivity index is 2.11. The first kappa shape index (κ1) is 19.9. The third-order valence-corrected chi connectivity index (χ3v) is 4.42. The first-order valence-corrected chi connectivity index (χ1v) is 9.08. The summed E-state index contributed by atoms with van der Waals surface area (Å²) in [7, 11) is 0. The molecule has 3 rings (SSSR count). The lowest BCUT2D eigenvalue weighted by Gasteiger charge is -2.12. The van der Waals surface area contributed by atoms with Gasteiger partial charge in [0.15, 0.2) is 5.82 Å². The van der Waals surface area contributed by atoms with E-state index in [1.54, 1.807) is 56.3 Å². The molecule has 1 amide bonds. The van der Waals surface area contributed by atoms with Crippen LogP contribution < -0.4 is 5.32 Å². The Bertz CT molecular complexity index is 1010. The molecule has 28 heavy (non-hydrogen) atoms. The average molecular weight is 400 g/mol. The summed E-state index contributed by atoms with van der Waals surface area (Å²) >= 11 is 5.96. The largest absolute Gasteiger partial charge is 0.394 e. The molecule has 0 aliphatic rings. The number of aryl methyl sites for hydroxylation is 1. The first-order chi connectivity index (χ1) is 13.4. The van der Waals surface area contributed by atoms with Crippen molar-refractivity contribution >= 4 is 17.5 Å². The molecule has 3 aromatic rings. The molecule has 0 aliphatic carbocycles. The van der Waals surface area contributed by atoms with Crippen molar-refractivity contribution < 1.29 is 14.3 Å². The van der Waals surface area contributed by atoms with E-state index >= 15 is 0 Å². The van der Waals surface area contributed by atoms with E-state index in [0.29, 0.717) is 27.7 Å². The number of aromatic nitrogens is 2. The van der Waals surface area contributed by atoms with Gasteiger partial charge < -0.3 is 10.4 Å². The summed E-state index contributed by atoms with van der Waals surface area (Å²) in [6.45, 7) is 3.15. The van der Waals surface area contributed by atoms with E-state index in [4.69, 9.17) is 11.6 Å². The molecule has 7 heteroatoms. The van der Waals surface area contributed by atoms with Crippen LogP contribution in [0.25, 0.3) is 22.6 Å². The summed E-state index contributed by atoms with van der Waals surface area (Å²) in [5.41, 5.74) is 2.50. The molecule has 5 nitrogen and oxygen atoms in total. The predicted octanol–water partition coefficient (Wildman–Crippen LogP) is 4.02. The third-order valence-electron chi connectivity index (χ3n) is 4.17. The Morgan fingerprint density at radius 3 is 2.46 bits per heavy atom. The molecule has 0 unspecified atom stereocenters. The van der Waals surface area contributed by atoms with Crippen molar-refractivity contribution in [1.82, 2.24) is 15.3 Å². The number of benzene rings is 2. The highest BCUT2D eigenvalue weighted by atomic mass is 35.5. The number of rotatable bonds is 5. The van der Waals surface area contributed by atoms with Crippen LogP contribution in [0.2, 0.25) is 5.02 Å². The van der Waals surface area contributed by atoms with Crippen LogP contribution in [0.4, 0.5) is 4.39 Å². The van der Waals surface area contributed by atoms with Crippen molar-refractivity contribution in [3.8, 4) is 22.6 Å². The molecule has 1 aromatic heterocycles. The van der Waals surface area contributed by atoms with Crippen LogP contribution in [0.5, 0.6) is 0 Å². The normalized spacial score (nSPS) is 11.9. The Hall–Kier alpha value is -2.83. The van der Waals surface area contributed by atoms with Gasteiger partial charge in [-0.1, -0.05) is 23.7 Å². The molecule has 1 heterocycles. The Kier molecular flexibility index (Phi) is 6.02. The number of halogens is 2. The quantitative estimate of drug-likeness (QED) is 0.679. The maximum absolute atomic E-state index is 13.6. The molecule has 144 valence electrons. The number of aliphatic hydroxyl groups excluding tert-OH is 1. The van der Waals surface area contributed by atoms with Crippen molar-refractivity contribution in [2.45, 2.75) is 19.9 Å². The fraction of sp³-hybridized carbons (Fsp3) is 0.190. The monoisotopic (exact) mass is 399 g/mol. The minimum absolute atomic E-state index is 0.150. The number of carbonyl (C=O) groups is 1. The lowest BCUT2D eigenvalue weighted by molar-refractivity contribution is 0.0917. The molecule has 0 fully saturated rings. The molecule has 0 spiro atoms. The maximum atomic E-state index is 13.6. The lowest BCUT2D eigenvalue weighted by atomic mass is 10.1. The van der Waals surface area contributed by atoms with Gasteiger partial charge in [0.25, 0.3) is 5.91 Å². The highest BCUT2D eigenvalue weighted by Crippen LogP contribution is 2.25. The topological polar surface area (TPSA) is 75.1 Å². The molecule has 2 N–H and O–H groups in total. The summed E-state index contributed by atoms with van der Waals surface area (Å²) in [6.07, 6.45) is 0. The average Bonchev–Trinajstić information content (AvgIpc) is 2.70. The second-order valence-electron chi connectivity index (χ2n) is 6.49. The van der Waals surface area contributed by atoms with Gasteiger partial charge >= 0.3 is 0 Å². The summed E-state index contributed by atoms with van der Waals surface area (Å²) < 4.78 is 13.6. The lowest BCUT2D eigenvalue weighted by Crippen LogP contribution is -2.35. The van der Waals surface area contributed by atoms with Crippen molar-refractivity contribution in [3.63, 3.8) is 0 Å². The third kappa shape index (κ3) is 4.52. The molecular formula is C21H19ClFN3O2. The number of hydrogen-bond acceptors (Lipinski definition) is 4. The number of nitrogens with zero attached hydrogens (tertiary/aromatic N) is 2. The summed E-state index contributed by atoms with van der Waals surface area (Å²) in [5.74, 6) is -0.455. The second kappa shape index (κ2) is 8.46. The Morgan fingerprint density at radius 2 is 1.82 bits per heavy atom. The van der Waals surface area contributed by atoms with Gasteiger partial charge in [0.1, 0.15) is 11.5 Å². The smallest absolute Gasteiger partial charge is 0.270 e. The fourth-order valence-corrected chi connectivity index (χ4v) is 2.71. The Labute approximate surface area is 167 Å². The van der Waals surface area contributed by atoms with Crippen molar-refractivity contribution in [2.75, 3.05) is 6.61 Å². The number of carbonyl (C=O) groups excluding carboxylic acids is 1. The maximum Gasteiger partial charge on any atom is 0.270 e. The van der Waals surface area contributed by atoms with Gasteiger partial charge in [-0.15, -0.1) is 0 Å². The van der Waals surface area contributed by atoms with Gasteiger partial charge in [-0.2, -0.15) is 0 Å². The van der Waals surface area contributed by atoms with Gasteiger partial charge in [-0.25, -0.2) is 14.4 Å². The van der Waals surface area contributed by atoms with E-state index in [1.807, 2.05) is 0 Å². The van der Waals surface area contributed by atoms with Crippen LogP contribution in [0.1, 0.15) is 23.0 Å². The number of hydrogen-bond donors (Lipinski definition) is 2. The molecule has 1 atom stereocenters. The van der Waals surface area contributed by atoms with Crippen molar-refractivity contribution in [3.05, 3.63) is 70.6 Å². The van der Waals surface area contributed by atoms with Crippen molar-refractivity contribution in [2.24, 2.45) is 0 Å². The van der Waals surface area contributed by atoms with E-state index in [1.165, 1.54) is 6.07 Å². The second-order valence-corrected chi connectivity index (χ2v) is 6.93. The van der Waals surface area contributed by atoms with Crippen LogP contribution in [0.3, 0.4) is 0 Å². The fourth-order valence-electron chi connectivity index (χ4n) is 2.59.